The van der Waals surface area contributed by atoms with Gasteiger partial charge in [0.25, 0.3) is 0 Å². The van der Waals surface area contributed by atoms with E-state index in [1.165, 1.54) is 5.56 Å². The van der Waals surface area contributed by atoms with Crippen molar-refractivity contribution in [1.82, 2.24) is 20.7 Å². The molecule has 118 valence electrons. The molecule has 0 bridgehead atoms. The summed E-state index contributed by atoms with van der Waals surface area (Å²) in [7, 11) is 0. The standard InChI is InChI=1S/C16H22N4O2/c1-9(15-10(2)20-22-11(15)3)7-14(21)18-13-6-4-5-12-8-17-19-16(12)13/h8-9,13H,4-7H2,1-3H3,(H,17,19)(H,18,21). The van der Waals surface area contributed by atoms with Crippen molar-refractivity contribution in [2.75, 3.05) is 0 Å². The molecule has 1 amide bonds. The predicted octanol–water partition coefficient (Wildman–Crippen LogP) is 2.70. The van der Waals surface area contributed by atoms with Crippen LogP contribution in [0.3, 0.4) is 0 Å². The Hall–Kier alpha value is -2.11. The minimum Gasteiger partial charge on any atom is -0.361 e. The fourth-order valence-corrected chi connectivity index (χ4v) is 3.43. The zero-order chi connectivity index (χ0) is 15.7. The molecule has 0 radical (unpaired) electrons. The number of hydrogen-bond donors (Lipinski definition) is 2. The van der Waals surface area contributed by atoms with Crippen LogP contribution in [-0.4, -0.2) is 21.3 Å². The number of nitrogens with one attached hydrogen (secondary N) is 2. The summed E-state index contributed by atoms with van der Waals surface area (Å²) in [4.78, 5) is 12.4. The molecule has 2 N–H and O–H groups in total. The number of carbonyl (C=O) groups excluding carboxylic acids is 1. The zero-order valence-electron chi connectivity index (χ0n) is 13.3. The number of aromatic nitrogens is 3. The number of nitrogens with zero attached hydrogens (tertiary/aromatic N) is 2. The van der Waals surface area contributed by atoms with Crippen LogP contribution in [0.2, 0.25) is 0 Å². The first kappa shape index (κ1) is 14.8. The van der Waals surface area contributed by atoms with Crippen molar-refractivity contribution in [3.8, 4) is 0 Å². The molecule has 2 unspecified atom stereocenters. The van der Waals surface area contributed by atoms with E-state index in [1.54, 1.807) is 0 Å². The van der Waals surface area contributed by atoms with E-state index in [0.29, 0.717) is 6.42 Å². The van der Waals surface area contributed by atoms with Crippen molar-refractivity contribution in [3.05, 3.63) is 34.5 Å². The second-order valence-electron chi connectivity index (χ2n) is 6.16. The normalized spacial score (nSPS) is 18.8. The van der Waals surface area contributed by atoms with Gasteiger partial charge in [0.05, 0.1) is 23.6 Å². The van der Waals surface area contributed by atoms with E-state index in [9.17, 15) is 4.79 Å². The third-order valence-corrected chi connectivity index (χ3v) is 4.45. The van der Waals surface area contributed by atoms with Gasteiger partial charge in [-0.3, -0.25) is 9.89 Å². The summed E-state index contributed by atoms with van der Waals surface area (Å²) in [6, 6.07) is 0.0515. The molecule has 2 aromatic heterocycles. The third-order valence-electron chi connectivity index (χ3n) is 4.45. The number of aryl methyl sites for hydroxylation is 3. The van der Waals surface area contributed by atoms with Crippen LogP contribution in [0, 0.1) is 13.8 Å². The van der Waals surface area contributed by atoms with Crippen LogP contribution in [0.15, 0.2) is 10.7 Å². The predicted molar refractivity (Wildman–Crippen MR) is 81.4 cm³/mol. The number of amides is 1. The van der Waals surface area contributed by atoms with Crippen LogP contribution in [0.1, 0.15) is 66.4 Å². The van der Waals surface area contributed by atoms with Crippen molar-refractivity contribution in [2.24, 2.45) is 0 Å². The summed E-state index contributed by atoms with van der Waals surface area (Å²) in [5, 5.41) is 14.2. The highest BCUT2D eigenvalue weighted by Crippen LogP contribution is 2.29. The maximum absolute atomic E-state index is 12.4. The average molecular weight is 302 g/mol. The molecule has 2 atom stereocenters. The Bertz CT molecular complexity index is 654. The Balaban J connectivity index is 1.64. The van der Waals surface area contributed by atoms with Crippen LogP contribution in [0.4, 0.5) is 0 Å². The van der Waals surface area contributed by atoms with Gasteiger partial charge in [-0.05, 0) is 44.6 Å². The van der Waals surface area contributed by atoms with E-state index < -0.39 is 0 Å². The summed E-state index contributed by atoms with van der Waals surface area (Å²) >= 11 is 0. The van der Waals surface area contributed by atoms with Gasteiger partial charge >= 0.3 is 0 Å². The fraction of sp³-hybridized carbons (Fsp3) is 0.562. The monoisotopic (exact) mass is 302 g/mol. The van der Waals surface area contributed by atoms with Crippen LogP contribution >= 0.6 is 0 Å². The number of carbonyl (C=O) groups is 1. The molecule has 22 heavy (non-hydrogen) atoms. The van der Waals surface area contributed by atoms with Crippen LogP contribution < -0.4 is 5.32 Å². The molecule has 2 aromatic rings. The van der Waals surface area contributed by atoms with Gasteiger partial charge in [-0.25, -0.2) is 0 Å². The van der Waals surface area contributed by atoms with E-state index in [1.807, 2.05) is 27.0 Å². The molecule has 0 spiro atoms. The summed E-state index contributed by atoms with van der Waals surface area (Å²) in [5.41, 5.74) is 4.19. The molecule has 6 nitrogen and oxygen atoms in total. The molecule has 1 aliphatic carbocycles. The van der Waals surface area contributed by atoms with E-state index in [0.717, 1.165) is 42.0 Å². The molecule has 3 rings (SSSR count). The van der Waals surface area contributed by atoms with E-state index in [2.05, 4.69) is 20.7 Å². The first-order chi connectivity index (χ1) is 10.6. The summed E-state index contributed by atoms with van der Waals surface area (Å²) in [5.74, 6) is 0.947. The first-order valence-corrected chi connectivity index (χ1v) is 7.80. The highest BCUT2D eigenvalue weighted by Gasteiger charge is 2.25. The molecule has 0 aromatic carbocycles. The number of aromatic amines is 1. The number of H-pyrrole nitrogens is 1. The molecule has 1 aliphatic rings. The molecule has 2 heterocycles. The molecule has 0 aliphatic heterocycles. The number of fused-ring (bicyclic) bond motifs is 1. The molecule has 6 heteroatoms. The maximum Gasteiger partial charge on any atom is 0.221 e. The lowest BCUT2D eigenvalue weighted by molar-refractivity contribution is -0.122. The molecule has 0 saturated carbocycles. The summed E-state index contributed by atoms with van der Waals surface area (Å²) in [6.45, 7) is 5.84. The van der Waals surface area contributed by atoms with Gasteiger partial charge in [0.2, 0.25) is 5.91 Å². The Morgan fingerprint density at radius 2 is 2.36 bits per heavy atom. The smallest absolute Gasteiger partial charge is 0.221 e. The lowest BCUT2D eigenvalue weighted by Gasteiger charge is -2.23. The SMILES string of the molecule is Cc1noc(C)c1C(C)CC(=O)NC1CCCc2cn[nH]c21. The number of hydrogen-bond acceptors (Lipinski definition) is 4. The van der Waals surface area contributed by atoms with Crippen molar-refractivity contribution in [2.45, 2.75) is 58.4 Å². The average Bonchev–Trinajstić information content (AvgIpc) is 3.06. The second kappa shape index (κ2) is 5.94. The molecular formula is C16H22N4O2. The topological polar surface area (TPSA) is 83.8 Å². The molecular weight excluding hydrogens is 280 g/mol. The second-order valence-corrected chi connectivity index (χ2v) is 6.16. The molecule has 0 fully saturated rings. The van der Waals surface area contributed by atoms with Gasteiger partial charge in [0.1, 0.15) is 5.76 Å². The van der Waals surface area contributed by atoms with E-state index in [4.69, 9.17) is 4.52 Å². The molecule has 0 saturated heterocycles. The van der Waals surface area contributed by atoms with Crippen LogP contribution in [0.25, 0.3) is 0 Å². The van der Waals surface area contributed by atoms with Gasteiger partial charge in [-0.1, -0.05) is 12.1 Å². The van der Waals surface area contributed by atoms with Crippen molar-refractivity contribution in [1.29, 1.82) is 0 Å². The lowest BCUT2D eigenvalue weighted by Crippen LogP contribution is -2.31. The van der Waals surface area contributed by atoms with Crippen LogP contribution in [-0.2, 0) is 11.2 Å². The quantitative estimate of drug-likeness (QED) is 0.909. The van der Waals surface area contributed by atoms with Gasteiger partial charge < -0.3 is 9.84 Å². The number of rotatable bonds is 4. The third kappa shape index (κ3) is 2.77. The van der Waals surface area contributed by atoms with Gasteiger partial charge in [0, 0.05) is 12.0 Å². The largest absolute Gasteiger partial charge is 0.361 e. The van der Waals surface area contributed by atoms with E-state index in [-0.39, 0.29) is 17.9 Å². The highest BCUT2D eigenvalue weighted by molar-refractivity contribution is 5.77. The van der Waals surface area contributed by atoms with Crippen LogP contribution in [0.5, 0.6) is 0 Å². The summed E-state index contributed by atoms with van der Waals surface area (Å²) in [6.07, 6.45) is 5.37. The van der Waals surface area contributed by atoms with Crippen molar-refractivity contribution < 1.29 is 9.32 Å². The Labute approximate surface area is 129 Å². The highest BCUT2D eigenvalue weighted by atomic mass is 16.5. The van der Waals surface area contributed by atoms with Crippen molar-refractivity contribution in [3.63, 3.8) is 0 Å². The Morgan fingerprint density at radius 3 is 3.09 bits per heavy atom. The zero-order valence-corrected chi connectivity index (χ0v) is 13.3. The fourth-order valence-electron chi connectivity index (χ4n) is 3.43. The van der Waals surface area contributed by atoms with Gasteiger partial charge in [0.15, 0.2) is 0 Å². The van der Waals surface area contributed by atoms with Crippen molar-refractivity contribution >= 4 is 5.91 Å². The lowest BCUT2D eigenvalue weighted by atomic mass is 9.92. The minimum atomic E-state index is 0.0515. The maximum atomic E-state index is 12.4. The first-order valence-electron chi connectivity index (χ1n) is 7.80. The minimum absolute atomic E-state index is 0.0515. The van der Waals surface area contributed by atoms with Gasteiger partial charge in [-0.2, -0.15) is 5.10 Å². The Morgan fingerprint density at radius 1 is 1.55 bits per heavy atom. The Kier molecular flexibility index (Phi) is 4.00. The summed E-state index contributed by atoms with van der Waals surface area (Å²) < 4.78 is 5.19. The van der Waals surface area contributed by atoms with E-state index >= 15 is 0 Å². The van der Waals surface area contributed by atoms with Gasteiger partial charge in [-0.15, -0.1) is 0 Å².